The Morgan fingerprint density at radius 3 is 2.30 bits per heavy atom. The molecule has 0 aromatic carbocycles. The number of hydrogen-bond acceptors (Lipinski definition) is 4. The molecule has 0 aromatic rings. The van der Waals surface area contributed by atoms with Crippen molar-refractivity contribution in [1.82, 2.24) is 0 Å². The normalized spacial score (nSPS) is 57.3. The molecule has 0 N–H and O–H groups in total. The van der Waals surface area contributed by atoms with Gasteiger partial charge in [-0.2, -0.15) is 0 Å². The molecule has 4 saturated carbocycles. The van der Waals surface area contributed by atoms with Crippen LogP contribution in [0.2, 0.25) is 0 Å². The third-order valence-electron chi connectivity index (χ3n) is 12.7. The van der Waals surface area contributed by atoms with Crippen molar-refractivity contribution in [3.63, 3.8) is 0 Å². The molecule has 0 radical (unpaired) electrons. The van der Waals surface area contributed by atoms with Gasteiger partial charge in [-0.1, -0.05) is 27.7 Å². The van der Waals surface area contributed by atoms with E-state index >= 15 is 0 Å². The quantitative estimate of drug-likeness (QED) is 0.446. The van der Waals surface area contributed by atoms with Gasteiger partial charge in [0.25, 0.3) is 0 Å². The zero-order chi connectivity index (χ0) is 23.2. The molecule has 0 amide bonds. The summed E-state index contributed by atoms with van der Waals surface area (Å²) in [5.41, 5.74) is 0.862. The van der Waals surface area contributed by atoms with Crippen molar-refractivity contribution in [2.45, 2.75) is 110 Å². The Balaban J connectivity index is 1.23. The Kier molecular flexibility index (Phi) is 5.40. The first kappa shape index (κ1) is 23.3. The summed E-state index contributed by atoms with van der Waals surface area (Å²) < 4.78 is 25.3. The second-order valence-electron chi connectivity index (χ2n) is 13.7. The number of methoxy groups -OCH3 is 2. The highest BCUT2D eigenvalue weighted by Gasteiger charge is 2.69. The van der Waals surface area contributed by atoms with Gasteiger partial charge in [0, 0.05) is 39.4 Å². The Morgan fingerprint density at radius 1 is 0.818 bits per heavy atom. The first-order valence-corrected chi connectivity index (χ1v) is 14.1. The molecule has 1 spiro atoms. The van der Waals surface area contributed by atoms with Gasteiger partial charge >= 0.3 is 0 Å². The summed E-state index contributed by atoms with van der Waals surface area (Å²) >= 11 is 0. The van der Waals surface area contributed by atoms with Crippen LogP contribution in [0.1, 0.15) is 91.9 Å². The summed E-state index contributed by atoms with van der Waals surface area (Å²) in [6, 6.07) is 0. The smallest absolute Gasteiger partial charge is 0.171 e. The average Bonchev–Trinajstić information content (AvgIpc) is 3.26. The van der Waals surface area contributed by atoms with E-state index in [0.29, 0.717) is 34.7 Å². The molecule has 4 heteroatoms. The van der Waals surface area contributed by atoms with Crippen LogP contribution < -0.4 is 0 Å². The molecule has 0 aromatic heterocycles. The van der Waals surface area contributed by atoms with Crippen molar-refractivity contribution in [3.8, 4) is 0 Å². The molecule has 6 fully saturated rings. The summed E-state index contributed by atoms with van der Waals surface area (Å²) in [5, 5.41) is 0. The Hall–Kier alpha value is -0.160. The first-order chi connectivity index (χ1) is 15.7. The van der Waals surface area contributed by atoms with E-state index in [0.717, 1.165) is 49.5 Å². The zero-order valence-electron chi connectivity index (χ0n) is 22.0. The molecule has 2 unspecified atom stereocenters. The van der Waals surface area contributed by atoms with Crippen LogP contribution in [0.4, 0.5) is 0 Å². The molecule has 2 aliphatic heterocycles. The van der Waals surface area contributed by atoms with Gasteiger partial charge in [0.15, 0.2) is 11.6 Å². The third-order valence-corrected chi connectivity index (χ3v) is 12.7. The second kappa shape index (κ2) is 7.67. The predicted molar refractivity (Wildman–Crippen MR) is 128 cm³/mol. The van der Waals surface area contributed by atoms with Gasteiger partial charge in [0.2, 0.25) is 0 Å². The largest absolute Gasteiger partial charge is 0.353 e. The fraction of sp³-hybridized carbons (Fsp3) is 1.00. The summed E-state index contributed by atoms with van der Waals surface area (Å²) in [6.45, 7) is 10.9. The number of hydrogen-bond donors (Lipinski definition) is 0. The lowest BCUT2D eigenvalue weighted by atomic mass is 9.44. The van der Waals surface area contributed by atoms with E-state index < -0.39 is 0 Å². The zero-order valence-corrected chi connectivity index (χ0v) is 22.0. The van der Waals surface area contributed by atoms with Gasteiger partial charge in [-0.3, -0.25) is 0 Å². The fourth-order valence-electron chi connectivity index (χ4n) is 10.7. The summed E-state index contributed by atoms with van der Waals surface area (Å²) in [5.74, 6) is 4.51. The van der Waals surface area contributed by atoms with E-state index in [9.17, 15) is 0 Å². The predicted octanol–water partition coefficient (Wildman–Crippen LogP) is 6.42. The highest BCUT2D eigenvalue weighted by Crippen LogP contribution is 2.71. The fourth-order valence-corrected chi connectivity index (χ4v) is 10.7. The summed E-state index contributed by atoms with van der Waals surface area (Å²) in [6.07, 6.45) is 12.9. The first-order valence-electron chi connectivity index (χ1n) is 14.1. The lowest BCUT2D eigenvalue weighted by Crippen LogP contribution is -2.57. The monoisotopic (exact) mass is 460 g/mol. The van der Waals surface area contributed by atoms with Crippen molar-refractivity contribution >= 4 is 0 Å². The molecular formula is C29H48O4. The second-order valence-corrected chi connectivity index (χ2v) is 13.7. The number of ether oxygens (including phenoxy) is 4. The van der Waals surface area contributed by atoms with Crippen molar-refractivity contribution in [2.75, 3.05) is 20.8 Å². The van der Waals surface area contributed by atoms with Crippen molar-refractivity contribution in [3.05, 3.63) is 0 Å². The van der Waals surface area contributed by atoms with Gasteiger partial charge in [0.1, 0.15) is 0 Å². The number of fused-ring (bicyclic) bond motifs is 7. The van der Waals surface area contributed by atoms with Crippen LogP contribution in [0.5, 0.6) is 0 Å². The summed E-state index contributed by atoms with van der Waals surface area (Å²) in [7, 11) is 3.68. The minimum atomic E-state index is -0.348. The van der Waals surface area contributed by atoms with Crippen LogP contribution in [0.15, 0.2) is 0 Å². The highest BCUT2D eigenvalue weighted by molar-refractivity contribution is 5.15. The van der Waals surface area contributed by atoms with E-state index in [1.807, 2.05) is 14.2 Å². The SMILES string of the molecule is COC1(OC)CC[C@@]2(C)C(CC[C@H]3[C@@H]4C[C@@H]5O[C@]6(CCC(C)CO6)[C@@H](C)[C@@H]5[C@@]4(C)CC[C@@H]32)C1. The molecule has 11 atom stereocenters. The van der Waals surface area contributed by atoms with E-state index in [2.05, 4.69) is 27.7 Å². The highest BCUT2D eigenvalue weighted by atomic mass is 16.7. The molecule has 188 valence electrons. The molecule has 2 saturated heterocycles. The Bertz CT molecular complexity index is 755. The molecule has 0 bridgehead atoms. The van der Waals surface area contributed by atoms with Crippen molar-refractivity contribution in [2.24, 2.45) is 52.3 Å². The van der Waals surface area contributed by atoms with Gasteiger partial charge in [-0.05, 0) is 91.3 Å². The lowest BCUT2D eigenvalue weighted by molar-refractivity contribution is -0.275. The van der Waals surface area contributed by atoms with E-state index in [1.165, 1.54) is 44.9 Å². The van der Waals surface area contributed by atoms with Gasteiger partial charge in [0.05, 0.1) is 12.7 Å². The molecular weight excluding hydrogens is 412 g/mol. The van der Waals surface area contributed by atoms with Gasteiger partial charge < -0.3 is 18.9 Å². The lowest BCUT2D eigenvalue weighted by Gasteiger charge is -2.62. The molecule has 6 rings (SSSR count). The van der Waals surface area contributed by atoms with Gasteiger partial charge in [-0.15, -0.1) is 0 Å². The van der Waals surface area contributed by atoms with Crippen molar-refractivity contribution in [1.29, 1.82) is 0 Å². The maximum atomic E-state index is 6.94. The van der Waals surface area contributed by atoms with E-state index in [-0.39, 0.29) is 11.6 Å². The molecule has 6 aliphatic rings. The van der Waals surface area contributed by atoms with Crippen LogP contribution in [0.3, 0.4) is 0 Å². The van der Waals surface area contributed by atoms with Crippen LogP contribution in [0.25, 0.3) is 0 Å². The minimum Gasteiger partial charge on any atom is -0.353 e. The Morgan fingerprint density at radius 2 is 1.61 bits per heavy atom. The molecule has 33 heavy (non-hydrogen) atoms. The van der Waals surface area contributed by atoms with Crippen LogP contribution in [0, 0.1) is 52.3 Å². The third kappa shape index (κ3) is 3.09. The average molecular weight is 461 g/mol. The number of rotatable bonds is 2. The summed E-state index contributed by atoms with van der Waals surface area (Å²) in [4.78, 5) is 0. The molecule has 4 aliphatic carbocycles. The van der Waals surface area contributed by atoms with Crippen LogP contribution in [-0.4, -0.2) is 38.5 Å². The van der Waals surface area contributed by atoms with Crippen LogP contribution in [-0.2, 0) is 18.9 Å². The van der Waals surface area contributed by atoms with E-state index in [1.54, 1.807) is 0 Å². The maximum Gasteiger partial charge on any atom is 0.171 e. The van der Waals surface area contributed by atoms with Crippen LogP contribution >= 0.6 is 0 Å². The minimum absolute atomic E-state index is 0.288. The molecule has 4 nitrogen and oxygen atoms in total. The van der Waals surface area contributed by atoms with E-state index in [4.69, 9.17) is 18.9 Å². The molecule has 2 heterocycles. The van der Waals surface area contributed by atoms with Crippen molar-refractivity contribution < 1.29 is 18.9 Å². The maximum absolute atomic E-state index is 6.94. The standard InChI is InChI=1S/C29H48O4/c1-18-9-12-29(32-17-18)19(2)25-24(33-29)15-23-21-8-7-20-16-28(30-5,31-6)14-13-26(20,3)22(21)10-11-27(23,25)4/h18-25H,7-17H2,1-6H3/t18?,19-,20?,21+,22-,23-,24-,25-,26-,27-,29+/m0/s1. The van der Waals surface area contributed by atoms with Gasteiger partial charge in [-0.25, -0.2) is 0 Å². The topological polar surface area (TPSA) is 36.9 Å². The Labute approximate surface area is 201 Å².